The zero-order valence-corrected chi connectivity index (χ0v) is 28.9. The summed E-state index contributed by atoms with van der Waals surface area (Å²) in [7, 11) is 0. The van der Waals surface area contributed by atoms with Gasteiger partial charge in [-0.3, -0.25) is 19.4 Å². The molecule has 6 nitrogen and oxygen atoms in total. The summed E-state index contributed by atoms with van der Waals surface area (Å²) in [5, 5.41) is 0. The molecule has 0 saturated carbocycles. The molecule has 0 spiro atoms. The number of carbonyl (C=O) groups is 2. The molecule has 3 fully saturated rings. The number of hydrogen-bond acceptors (Lipinski definition) is 4. The molecule has 2 amide bonds. The molecule has 0 radical (unpaired) electrons. The van der Waals surface area contributed by atoms with E-state index in [1.165, 1.54) is 4.90 Å². The third kappa shape index (κ3) is 8.77. The second-order valence-electron chi connectivity index (χ2n) is 14.3. The van der Waals surface area contributed by atoms with E-state index in [4.69, 9.17) is 0 Å². The number of piperidine rings is 2. The first-order valence-corrected chi connectivity index (χ1v) is 17.7. The van der Waals surface area contributed by atoms with Gasteiger partial charge >= 0.3 is 12.4 Å². The maximum Gasteiger partial charge on any atom is 0.416 e. The number of piperazine rings is 1. The highest BCUT2D eigenvalue weighted by molar-refractivity contribution is 5.95. The highest BCUT2D eigenvalue weighted by atomic mass is 19.4. The van der Waals surface area contributed by atoms with Crippen molar-refractivity contribution in [1.29, 1.82) is 0 Å². The zero-order chi connectivity index (χ0) is 36.5. The molecule has 0 aromatic heterocycles. The summed E-state index contributed by atoms with van der Waals surface area (Å²) in [5.41, 5.74) is 0.183. The van der Waals surface area contributed by atoms with Gasteiger partial charge in [0.25, 0.3) is 11.8 Å². The van der Waals surface area contributed by atoms with E-state index < -0.39 is 41.0 Å². The molecule has 1 unspecified atom stereocenters. The summed E-state index contributed by atoms with van der Waals surface area (Å²) in [6.07, 6.45) is -6.59. The van der Waals surface area contributed by atoms with Gasteiger partial charge in [0.2, 0.25) is 0 Å². The number of amides is 2. The van der Waals surface area contributed by atoms with Gasteiger partial charge in [0.1, 0.15) is 0 Å². The van der Waals surface area contributed by atoms with E-state index in [2.05, 4.69) is 15.9 Å². The lowest BCUT2D eigenvalue weighted by atomic mass is 9.90. The van der Waals surface area contributed by atoms with Gasteiger partial charge in [-0.25, -0.2) is 0 Å². The first-order valence-electron chi connectivity index (χ1n) is 17.7. The van der Waals surface area contributed by atoms with Gasteiger partial charge in [-0.1, -0.05) is 47.5 Å². The minimum Gasteiger partial charge on any atom is -0.337 e. The number of carbonyl (C=O) groups excluding carboxylic acids is 2. The molecule has 0 bridgehead atoms. The van der Waals surface area contributed by atoms with E-state index in [0.29, 0.717) is 37.9 Å². The van der Waals surface area contributed by atoms with E-state index in [1.807, 2.05) is 61.2 Å². The summed E-state index contributed by atoms with van der Waals surface area (Å²) in [6, 6.07) is 16.4. The number of aryl methyl sites for hydroxylation is 2. The van der Waals surface area contributed by atoms with Crippen molar-refractivity contribution in [2.45, 2.75) is 76.4 Å². The Morgan fingerprint density at radius 3 is 1.82 bits per heavy atom. The second-order valence-corrected chi connectivity index (χ2v) is 14.3. The van der Waals surface area contributed by atoms with Crippen LogP contribution in [0.3, 0.4) is 0 Å². The molecule has 3 aromatic carbocycles. The van der Waals surface area contributed by atoms with Crippen molar-refractivity contribution in [3.05, 3.63) is 106 Å². The van der Waals surface area contributed by atoms with E-state index >= 15 is 0 Å². The first kappa shape index (κ1) is 36.9. The number of rotatable bonds is 6. The summed E-state index contributed by atoms with van der Waals surface area (Å²) in [5.74, 6) is -0.760. The third-order valence-corrected chi connectivity index (χ3v) is 10.6. The van der Waals surface area contributed by atoms with Crippen LogP contribution in [0.5, 0.6) is 0 Å². The topological polar surface area (TPSA) is 47.1 Å². The Balaban J connectivity index is 1.13. The van der Waals surface area contributed by atoms with Gasteiger partial charge in [-0.15, -0.1) is 0 Å². The monoisotopic (exact) mass is 714 g/mol. The van der Waals surface area contributed by atoms with Crippen LogP contribution in [0.2, 0.25) is 0 Å². The average molecular weight is 715 g/mol. The fourth-order valence-corrected chi connectivity index (χ4v) is 8.14. The van der Waals surface area contributed by atoms with E-state index in [0.717, 1.165) is 67.8 Å². The molecule has 3 heterocycles. The Hall–Kier alpha value is -3.90. The van der Waals surface area contributed by atoms with Crippen LogP contribution in [0.1, 0.15) is 74.2 Å². The number of nitrogens with zero attached hydrogens (tertiary/aromatic N) is 4. The van der Waals surface area contributed by atoms with Crippen molar-refractivity contribution >= 4 is 11.8 Å². The normalized spacial score (nSPS) is 22.6. The van der Waals surface area contributed by atoms with E-state index in [1.54, 1.807) is 0 Å². The predicted octanol–water partition coefficient (Wildman–Crippen LogP) is 7.48. The van der Waals surface area contributed by atoms with Gasteiger partial charge in [0.05, 0.1) is 11.1 Å². The molecular formula is C39H44F6N4O2. The number of halogens is 6. The minimum absolute atomic E-state index is 0.0534. The van der Waals surface area contributed by atoms with Crippen LogP contribution in [0.15, 0.2) is 66.7 Å². The maximum atomic E-state index is 13.8. The van der Waals surface area contributed by atoms with Gasteiger partial charge in [0, 0.05) is 75.1 Å². The third-order valence-electron chi connectivity index (χ3n) is 10.6. The number of likely N-dealkylation sites (tertiary alicyclic amines) is 2. The van der Waals surface area contributed by atoms with Crippen molar-refractivity contribution in [1.82, 2.24) is 19.6 Å². The number of benzene rings is 3. The van der Waals surface area contributed by atoms with Crippen molar-refractivity contribution in [3.63, 3.8) is 0 Å². The highest BCUT2D eigenvalue weighted by Gasteiger charge is 2.41. The molecule has 0 N–H and O–H groups in total. The molecular weight excluding hydrogens is 670 g/mol. The minimum atomic E-state index is -5.04. The molecule has 12 heteroatoms. The van der Waals surface area contributed by atoms with Gasteiger partial charge in [0.15, 0.2) is 0 Å². The van der Waals surface area contributed by atoms with Crippen LogP contribution in [-0.4, -0.2) is 95.4 Å². The van der Waals surface area contributed by atoms with Crippen molar-refractivity contribution < 1.29 is 35.9 Å². The molecule has 51 heavy (non-hydrogen) atoms. The summed E-state index contributed by atoms with van der Waals surface area (Å²) in [6.45, 7) is 8.86. The summed E-state index contributed by atoms with van der Waals surface area (Å²) in [4.78, 5) is 35.5. The molecule has 3 atom stereocenters. The maximum absolute atomic E-state index is 13.8. The van der Waals surface area contributed by atoms with E-state index in [-0.39, 0.29) is 30.6 Å². The lowest BCUT2D eigenvalue weighted by molar-refractivity contribution is -0.143. The average Bonchev–Trinajstić information content (AvgIpc) is 3.10. The predicted molar refractivity (Wildman–Crippen MR) is 182 cm³/mol. The van der Waals surface area contributed by atoms with Crippen molar-refractivity contribution in [2.24, 2.45) is 0 Å². The fourth-order valence-electron chi connectivity index (χ4n) is 8.14. The molecule has 3 aromatic rings. The Kier molecular flexibility index (Phi) is 10.8. The summed E-state index contributed by atoms with van der Waals surface area (Å²) < 4.78 is 81.9. The first-order chi connectivity index (χ1) is 24.2. The van der Waals surface area contributed by atoms with Crippen LogP contribution in [0, 0.1) is 13.8 Å². The quantitative estimate of drug-likeness (QED) is 0.249. The van der Waals surface area contributed by atoms with Crippen molar-refractivity contribution in [3.8, 4) is 0 Å². The highest BCUT2D eigenvalue weighted by Crippen LogP contribution is 2.37. The Bertz CT molecular complexity index is 1650. The smallest absolute Gasteiger partial charge is 0.337 e. The molecule has 6 rings (SSSR count). The number of alkyl halides is 6. The second kappa shape index (κ2) is 15.0. The lowest BCUT2D eigenvalue weighted by Crippen LogP contribution is -2.59. The fraction of sp³-hybridized carbons (Fsp3) is 0.487. The van der Waals surface area contributed by atoms with Crippen LogP contribution in [-0.2, 0) is 18.8 Å². The largest absolute Gasteiger partial charge is 0.416 e. The zero-order valence-electron chi connectivity index (χ0n) is 28.9. The molecule has 3 aliphatic rings. The van der Waals surface area contributed by atoms with Gasteiger partial charge < -0.3 is 9.80 Å². The van der Waals surface area contributed by atoms with Crippen LogP contribution in [0.4, 0.5) is 26.3 Å². The van der Waals surface area contributed by atoms with Crippen LogP contribution < -0.4 is 0 Å². The van der Waals surface area contributed by atoms with Crippen LogP contribution in [0.25, 0.3) is 0 Å². The Morgan fingerprint density at radius 2 is 1.24 bits per heavy atom. The Labute approximate surface area is 295 Å². The SMILES string of the molecule is Cc1cc(C)cc(C(=O)N2CCCC(N3CCN([C@H]4CCN(C(=O)c5cc(C(F)(F)F)cc(C(F)(F)F)c5)[C@H](Cc5ccccc5)C4)CC3)C2)c1. The standard InChI is InChI=1S/C39H44F6N4O2/c1-26-17-27(2)19-29(18-26)36(50)48-11-6-9-34(25-48)47-15-13-46(14-16-47)33-10-12-49(35(24-33)20-28-7-4-3-5-8-28)37(51)30-21-31(38(40,41)42)23-32(22-30)39(43,44)45/h3-5,7-8,17-19,21-23,33-35H,6,9-16,20,24-25H2,1-2H3/t33-,34?,35+/m0/s1. The molecule has 0 aliphatic carbocycles. The molecule has 3 saturated heterocycles. The molecule has 274 valence electrons. The van der Waals surface area contributed by atoms with Crippen LogP contribution >= 0.6 is 0 Å². The molecule has 3 aliphatic heterocycles. The lowest BCUT2D eigenvalue weighted by Gasteiger charge is -2.48. The summed E-state index contributed by atoms with van der Waals surface area (Å²) >= 11 is 0. The van der Waals surface area contributed by atoms with Gasteiger partial charge in [-0.05, 0) is 81.8 Å². The van der Waals surface area contributed by atoms with Crippen molar-refractivity contribution in [2.75, 3.05) is 45.8 Å². The number of hydrogen-bond donors (Lipinski definition) is 0. The van der Waals surface area contributed by atoms with E-state index in [9.17, 15) is 35.9 Å². The Morgan fingerprint density at radius 1 is 0.667 bits per heavy atom. The van der Waals surface area contributed by atoms with Gasteiger partial charge in [-0.2, -0.15) is 26.3 Å².